The molecule has 0 unspecified atom stereocenters. The Morgan fingerprint density at radius 2 is 1.58 bits per heavy atom. The lowest BCUT2D eigenvalue weighted by Gasteiger charge is -2.55. The Bertz CT molecular complexity index is 1040. The summed E-state index contributed by atoms with van der Waals surface area (Å²) in [4.78, 5) is 29.7. The Morgan fingerprint density at radius 3 is 2.06 bits per heavy atom. The number of rotatable bonds is 7. The Labute approximate surface area is 177 Å². The third-order valence-electron chi connectivity index (χ3n) is 5.44. The lowest BCUT2D eigenvalue weighted by molar-refractivity contribution is -0.343. The Kier molecular flexibility index (Phi) is 6.08. The summed E-state index contributed by atoms with van der Waals surface area (Å²) >= 11 is 0. The molecule has 3 N–H and O–H groups in total. The molecular weight excluding hydrogens is 402 g/mol. The van der Waals surface area contributed by atoms with Crippen LogP contribution in [0.1, 0.15) is 27.1 Å². The molecule has 4 atom stereocenters. The minimum atomic E-state index is -3.24. The summed E-state index contributed by atoms with van der Waals surface area (Å²) < 4.78 is 5.35. The zero-order valence-electron chi connectivity index (χ0n) is 16.5. The summed E-state index contributed by atoms with van der Waals surface area (Å²) in [5, 5.41) is 38.1. The molecule has 0 bridgehead atoms. The van der Waals surface area contributed by atoms with Crippen LogP contribution in [0.25, 0.3) is 10.4 Å². The van der Waals surface area contributed by atoms with E-state index in [-0.39, 0.29) is 11.1 Å². The van der Waals surface area contributed by atoms with Crippen molar-refractivity contribution in [1.82, 2.24) is 0 Å². The maximum atomic E-state index is 13.5. The number of ether oxygens (including phenoxy) is 1. The van der Waals surface area contributed by atoms with Crippen molar-refractivity contribution in [1.29, 1.82) is 0 Å². The van der Waals surface area contributed by atoms with E-state index in [4.69, 9.17) is 10.3 Å². The molecule has 0 aliphatic carbocycles. The highest BCUT2D eigenvalue weighted by Crippen LogP contribution is 2.47. The van der Waals surface area contributed by atoms with Crippen LogP contribution in [0.3, 0.4) is 0 Å². The number of carbonyl (C=O) groups excluding carboxylic acids is 2. The van der Waals surface area contributed by atoms with E-state index in [0.717, 1.165) is 0 Å². The van der Waals surface area contributed by atoms with Gasteiger partial charge in [0, 0.05) is 22.5 Å². The number of Topliss-reactive ketones (excluding diaryl/α,β-unsaturated/α-hetero) is 2. The molecule has 0 aromatic heterocycles. The van der Waals surface area contributed by atoms with E-state index in [2.05, 4.69) is 16.6 Å². The third-order valence-corrected chi connectivity index (χ3v) is 5.44. The number of carbonyl (C=O) groups is 2. The fourth-order valence-electron chi connectivity index (χ4n) is 3.84. The number of hydrogen-bond acceptors (Lipinski definition) is 7. The molecule has 1 saturated heterocycles. The molecule has 31 heavy (non-hydrogen) atoms. The molecule has 0 amide bonds. The first-order chi connectivity index (χ1) is 14.8. The monoisotopic (exact) mass is 423 g/mol. The van der Waals surface area contributed by atoms with Gasteiger partial charge in [0.2, 0.25) is 17.2 Å². The van der Waals surface area contributed by atoms with Crippen molar-refractivity contribution in [2.75, 3.05) is 6.61 Å². The summed E-state index contributed by atoms with van der Waals surface area (Å²) in [6.07, 6.45) is 0.667. The smallest absolute Gasteiger partial charge is 0.218 e. The highest BCUT2D eigenvalue weighted by molar-refractivity contribution is 6.13. The van der Waals surface area contributed by atoms with Gasteiger partial charge in [-0.15, -0.1) is 6.58 Å². The van der Waals surface area contributed by atoms with Crippen molar-refractivity contribution in [3.63, 3.8) is 0 Å². The van der Waals surface area contributed by atoms with E-state index in [0.29, 0.717) is 0 Å². The predicted octanol–water partition coefficient (Wildman–Crippen LogP) is 2.19. The SMILES string of the molecule is C=CC[C@]1(O)OC[C@@H](N=[N+]=[N-])[C@](O)(C(=O)c2ccccc2)[C@]1(O)C(=O)c1ccccc1. The molecule has 0 radical (unpaired) electrons. The molecule has 1 fully saturated rings. The van der Waals surface area contributed by atoms with Crippen molar-refractivity contribution < 1.29 is 29.6 Å². The normalized spacial score (nSPS) is 30.1. The number of aliphatic hydroxyl groups is 3. The van der Waals surface area contributed by atoms with E-state index >= 15 is 0 Å². The summed E-state index contributed by atoms with van der Waals surface area (Å²) in [7, 11) is 0. The second kappa shape index (κ2) is 8.43. The first kappa shape index (κ1) is 22.4. The highest BCUT2D eigenvalue weighted by atomic mass is 16.6. The van der Waals surface area contributed by atoms with Crippen LogP contribution >= 0.6 is 0 Å². The van der Waals surface area contributed by atoms with Crippen LogP contribution in [-0.4, -0.2) is 56.5 Å². The lowest BCUT2D eigenvalue weighted by atomic mass is 9.63. The van der Waals surface area contributed by atoms with Crippen LogP contribution in [0.5, 0.6) is 0 Å². The minimum Gasteiger partial charge on any atom is -0.378 e. The van der Waals surface area contributed by atoms with E-state index in [1.54, 1.807) is 12.1 Å². The van der Waals surface area contributed by atoms with Gasteiger partial charge in [0.05, 0.1) is 6.61 Å². The second-order valence-electron chi connectivity index (χ2n) is 7.18. The van der Waals surface area contributed by atoms with Crippen LogP contribution in [0.15, 0.2) is 78.4 Å². The van der Waals surface area contributed by atoms with Gasteiger partial charge in [0.15, 0.2) is 11.4 Å². The number of nitrogens with zero attached hydrogens (tertiary/aromatic N) is 3. The summed E-state index contributed by atoms with van der Waals surface area (Å²) in [5.41, 5.74) is 2.54. The van der Waals surface area contributed by atoms with Crippen LogP contribution in [0, 0.1) is 0 Å². The average molecular weight is 423 g/mol. The largest absolute Gasteiger partial charge is 0.378 e. The van der Waals surface area contributed by atoms with Crippen LogP contribution in [0.4, 0.5) is 0 Å². The minimum absolute atomic E-state index is 0.0646. The number of azide groups is 1. The number of ketones is 2. The van der Waals surface area contributed by atoms with Crippen molar-refractivity contribution in [3.8, 4) is 0 Å². The Hall–Kier alpha value is -3.33. The van der Waals surface area contributed by atoms with Crippen LogP contribution < -0.4 is 0 Å². The summed E-state index contributed by atoms with van der Waals surface area (Å²) in [6, 6.07) is 13.0. The predicted molar refractivity (Wildman–Crippen MR) is 110 cm³/mol. The van der Waals surface area contributed by atoms with Crippen molar-refractivity contribution in [2.24, 2.45) is 5.11 Å². The third kappa shape index (κ3) is 3.34. The maximum Gasteiger partial charge on any atom is 0.218 e. The lowest BCUT2D eigenvalue weighted by Crippen LogP contribution is -2.81. The highest BCUT2D eigenvalue weighted by Gasteiger charge is 2.75. The zero-order chi connectivity index (χ0) is 22.7. The molecule has 9 nitrogen and oxygen atoms in total. The summed E-state index contributed by atoms with van der Waals surface area (Å²) in [6.45, 7) is 2.86. The zero-order valence-corrected chi connectivity index (χ0v) is 16.5. The molecular formula is C22H21N3O6. The first-order valence-corrected chi connectivity index (χ1v) is 9.42. The van der Waals surface area contributed by atoms with Crippen molar-refractivity contribution in [2.45, 2.75) is 29.5 Å². The van der Waals surface area contributed by atoms with Gasteiger partial charge < -0.3 is 20.1 Å². The van der Waals surface area contributed by atoms with Gasteiger partial charge in [-0.05, 0) is 5.53 Å². The second-order valence-corrected chi connectivity index (χ2v) is 7.18. The average Bonchev–Trinajstić information content (AvgIpc) is 2.80. The van der Waals surface area contributed by atoms with Crippen LogP contribution in [-0.2, 0) is 4.74 Å². The maximum absolute atomic E-state index is 13.5. The van der Waals surface area contributed by atoms with Gasteiger partial charge in [0.1, 0.15) is 6.04 Å². The number of benzene rings is 2. The van der Waals surface area contributed by atoms with Gasteiger partial charge in [0.25, 0.3) is 0 Å². The van der Waals surface area contributed by atoms with Gasteiger partial charge in [-0.2, -0.15) is 0 Å². The van der Waals surface area contributed by atoms with E-state index in [1.807, 2.05) is 0 Å². The van der Waals surface area contributed by atoms with Gasteiger partial charge in [-0.25, -0.2) is 0 Å². The molecule has 1 aliphatic rings. The van der Waals surface area contributed by atoms with Gasteiger partial charge >= 0.3 is 0 Å². The van der Waals surface area contributed by atoms with Crippen molar-refractivity contribution >= 4 is 11.6 Å². The molecule has 9 heteroatoms. The van der Waals surface area contributed by atoms with Gasteiger partial charge in [-0.3, -0.25) is 9.59 Å². The molecule has 0 spiro atoms. The van der Waals surface area contributed by atoms with E-state index in [1.165, 1.54) is 54.6 Å². The molecule has 3 rings (SSSR count). The summed E-state index contributed by atoms with van der Waals surface area (Å²) in [5.74, 6) is -5.02. The molecule has 2 aromatic carbocycles. The van der Waals surface area contributed by atoms with E-state index in [9.17, 15) is 24.9 Å². The number of hydrogen-bond donors (Lipinski definition) is 3. The van der Waals surface area contributed by atoms with E-state index < -0.39 is 47.6 Å². The fraction of sp³-hybridized carbons (Fsp3) is 0.273. The topological polar surface area (TPSA) is 153 Å². The Morgan fingerprint density at radius 1 is 1.06 bits per heavy atom. The van der Waals surface area contributed by atoms with Gasteiger partial charge in [-0.1, -0.05) is 71.9 Å². The molecule has 160 valence electrons. The standard InChI is InChI=1S/C22H21N3O6/c1-2-13-20(28)22(30,19(27)16-11-7-4-8-12-16)21(29,17(14-31-20)24-25-23)18(26)15-9-5-3-6-10-15/h2-12,17,28-30H,1,13-14H2/t17-,20+,21+,22+/m1/s1. The quantitative estimate of drug-likeness (QED) is 0.204. The van der Waals surface area contributed by atoms with Crippen LogP contribution in [0.2, 0.25) is 0 Å². The molecule has 0 saturated carbocycles. The fourth-order valence-corrected chi connectivity index (χ4v) is 3.84. The van der Waals surface area contributed by atoms with Crippen molar-refractivity contribution in [3.05, 3.63) is 94.9 Å². The molecule has 1 aliphatic heterocycles. The molecule has 1 heterocycles. The first-order valence-electron chi connectivity index (χ1n) is 9.42. The Balaban J connectivity index is 2.33. The molecule has 2 aromatic rings.